The van der Waals surface area contributed by atoms with Gasteiger partial charge in [0, 0.05) is 0 Å². The van der Waals surface area contributed by atoms with Crippen LogP contribution in [0, 0.1) is 0 Å². The minimum atomic E-state index is -1.80. The number of nitrogens with zero attached hydrogens (tertiary/aromatic N) is 1. The molecule has 0 N–H and O–H groups in total. The van der Waals surface area contributed by atoms with E-state index in [1.165, 1.54) is 30.1 Å². The topological polar surface area (TPSA) is 12.9 Å². The number of hydrogen-bond donors (Lipinski definition) is 0. The van der Waals surface area contributed by atoms with Crippen LogP contribution in [0.1, 0.15) is 0 Å². The molecule has 1 nitrogen and oxygen atoms in total. The fraction of sp³-hybridized carbons (Fsp3) is 0.150. The Bertz CT molecular complexity index is 994. The molecule has 4 rings (SSSR count). The van der Waals surface area contributed by atoms with Crippen LogP contribution >= 0.6 is 11.3 Å². The van der Waals surface area contributed by atoms with E-state index in [2.05, 4.69) is 78.1 Å². The Balaban J connectivity index is 1.92. The van der Waals surface area contributed by atoms with Crippen LogP contribution in [-0.2, 0) is 0 Å². The number of aromatic nitrogens is 1. The summed E-state index contributed by atoms with van der Waals surface area (Å²) in [4.78, 5) is 4.79. The van der Waals surface area contributed by atoms with Crippen LogP contribution in [0.25, 0.3) is 31.4 Å². The Labute approximate surface area is 143 Å². The number of pyridine rings is 1. The Hall–Kier alpha value is -1.65. The van der Waals surface area contributed by atoms with Gasteiger partial charge in [-0.3, -0.25) is 0 Å². The molecule has 0 unspecified atom stereocenters. The monoisotopic (exact) mass is 379 g/mol. The van der Waals surface area contributed by atoms with E-state index in [-0.39, 0.29) is 0 Å². The van der Waals surface area contributed by atoms with E-state index < -0.39 is 13.3 Å². The normalized spacial score (nSPS) is 12.1. The van der Waals surface area contributed by atoms with Gasteiger partial charge >= 0.3 is 143 Å². The maximum absolute atomic E-state index is 4.79. The molecular weight excluding hydrogens is 359 g/mol. The predicted octanol–water partition coefficient (Wildman–Crippen LogP) is 5.66. The van der Waals surface area contributed by atoms with Crippen molar-refractivity contribution in [2.75, 3.05) is 0 Å². The summed E-state index contributed by atoms with van der Waals surface area (Å²) in [5.41, 5.74) is 2.33. The van der Waals surface area contributed by atoms with Crippen molar-refractivity contribution in [3.05, 3.63) is 60.8 Å². The van der Waals surface area contributed by atoms with E-state index in [1.807, 2.05) is 11.3 Å². The van der Waals surface area contributed by atoms with Crippen LogP contribution in [-0.4, -0.2) is 18.3 Å². The molecule has 0 bridgehead atoms. The average Bonchev–Trinajstić information content (AvgIpc) is 2.93. The van der Waals surface area contributed by atoms with Gasteiger partial charge in [-0.05, 0) is 0 Å². The second-order valence-corrected chi connectivity index (χ2v) is 18.7. The summed E-state index contributed by atoms with van der Waals surface area (Å²) in [6, 6.07) is 19.7. The van der Waals surface area contributed by atoms with Gasteiger partial charge < -0.3 is 0 Å². The van der Waals surface area contributed by atoms with Gasteiger partial charge in [-0.15, -0.1) is 0 Å². The molecule has 0 spiro atoms. The van der Waals surface area contributed by atoms with E-state index >= 15 is 0 Å². The summed E-state index contributed by atoms with van der Waals surface area (Å²) in [5, 5.41) is 2.68. The summed E-state index contributed by atoms with van der Waals surface area (Å²) in [6.07, 6.45) is 2.10. The number of benzene rings is 2. The van der Waals surface area contributed by atoms with Gasteiger partial charge in [-0.2, -0.15) is 0 Å². The predicted molar refractivity (Wildman–Crippen MR) is 106 cm³/mol. The van der Waals surface area contributed by atoms with Gasteiger partial charge in [0.2, 0.25) is 0 Å². The molecule has 3 heteroatoms. The standard InChI is InChI=1S/C20H19GeNS/c1-21(2,3)14-11-12-18(22-13-14)17-9-6-8-16-15-7-4-5-10-19(15)23-20(16)17/h4-13H,1-3H3. The van der Waals surface area contributed by atoms with Gasteiger partial charge in [-0.1, -0.05) is 0 Å². The summed E-state index contributed by atoms with van der Waals surface area (Å²) in [5.74, 6) is 7.22. The fourth-order valence-corrected chi connectivity index (χ4v) is 6.34. The van der Waals surface area contributed by atoms with Crippen LogP contribution in [0.5, 0.6) is 0 Å². The number of thiophene rings is 1. The molecule has 4 aromatic rings. The first kappa shape index (κ1) is 14.9. The van der Waals surface area contributed by atoms with E-state index in [9.17, 15) is 0 Å². The molecule has 0 saturated heterocycles. The van der Waals surface area contributed by atoms with Gasteiger partial charge in [-0.25, -0.2) is 0 Å². The van der Waals surface area contributed by atoms with Crippen molar-refractivity contribution in [3.63, 3.8) is 0 Å². The summed E-state index contributed by atoms with van der Waals surface area (Å²) < 4.78 is 4.14. The van der Waals surface area contributed by atoms with Crippen LogP contribution in [0.4, 0.5) is 0 Å². The Morgan fingerprint density at radius 1 is 0.826 bits per heavy atom. The van der Waals surface area contributed by atoms with Crippen LogP contribution in [0.2, 0.25) is 17.3 Å². The molecule has 0 aliphatic carbocycles. The molecule has 0 atom stereocenters. The Morgan fingerprint density at radius 2 is 1.61 bits per heavy atom. The van der Waals surface area contributed by atoms with Crippen molar-refractivity contribution in [3.8, 4) is 11.3 Å². The molecule has 114 valence electrons. The molecule has 0 fully saturated rings. The quantitative estimate of drug-likeness (QED) is 0.410. The fourth-order valence-electron chi connectivity index (χ4n) is 2.95. The molecule has 0 aliphatic heterocycles. The van der Waals surface area contributed by atoms with Crippen molar-refractivity contribution < 1.29 is 0 Å². The second kappa shape index (κ2) is 5.46. The third-order valence-corrected chi connectivity index (χ3v) is 9.78. The summed E-state index contributed by atoms with van der Waals surface area (Å²) in [6.45, 7) is 0. The van der Waals surface area contributed by atoms with Crippen molar-refractivity contribution in [1.29, 1.82) is 0 Å². The maximum atomic E-state index is 4.79. The number of fused-ring (bicyclic) bond motifs is 3. The third kappa shape index (κ3) is 2.60. The minimum absolute atomic E-state index is 1.08. The molecule has 0 saturated carbocycles. The zero-order chi connectivity index (χ0) is 16.0. The molecule has 23 heavy (non-hydrogen) atoms. The average molecular weight is 378 g/mol. The molecule has 2 heterocycles. The third-order valence-electron chi connectivity index (χ3n) is 4.31. The summed E-state index contributed by atoms with van der Waals surface area (Å²) in [7, 11) is 0. The molecule has 2 aromatic heterocycles. The van der Waals surface area contributed by atoms with Crippen LogP contribution < -0.4 is 4.40 Å². The van der Waals surface area contributed by atoms with Crippen LogP contribution in [0.15, 0.2) is 60.8 Å². The van der Waals surface area contributed by atoms with Crippen molar-refractivity contribution in [1.82, 2.24) is 4.98 Å². The van der Waals surface area contributed by atoms with E-state index in [0.29, 0.717) is 0 Å². The van der Waals surface area contributed by atoms with Crippen molar-refractivity contribution >= 4 is 49.2 Å². The summed E-state index contributed by atoms with van der Waals surface area (Å²) >= 11 is 0.0665. The first-order valence-corrected chi connectivity index (χ1v) is 16.1. The molecule has 0 amide bonds. The van der Waals surface area contributed by atoms with Gasteiger partial charge in [0.05, 0.1) is 0 Å². The van der Waals surface area contributed by atoms with Gasteiger partial charge in [0.25, 0.3) is 0 Å². The first-order valence-electron chi connectivity index (χ1n) is 7.91. The van der Waals surface area contributed by atoms with Crippen molar-refractivity contribution in [2.45, 2.75) is 17.3 Å². The Kier molecular flexibility index (Phi) is 3.54. The second-order valence-electron chi connectivity index (χ2n) is 6.96. The zero-order valence-corrected chi connectivity index (χ0v) is 16.5. The van der Waals surface area contributed by atoms with E-state index in [0.717, 1.165) is 5.69 Å². The molecular formula is C20H19GeNS. The van der Waals surface area contributed by atoms with Crippen molar-refractivity contribution in [2.24, 2.45) is 0 Å². The van der Waals surface area contributed by atoms with Gasteiger partial charge in [0.15, 0.2) is 0 Å². The van der Waals surface area contributed by atoms with Gasteiger partial charge in [0.1, 0.15) is 0 Å². The zero-order valence-electron chi connectivity index (χ0n) is 13.6. The van der Waals surface area contributed by atoms with E-state index in [4.69, 9.17) is 4.98 Å². The van der Waals surface area contributed by atoms with Crippen LogP contribution in [0.3, 0.4) is 0 Å². The number of hydrogen-bond acceptors (Lipinski definition) is 2. The molecule has 0 aliphatic rings. The number of rotatable bonds is 2. The first-order chi connectivity index (χ1) is 11.0. The molecule has 2 aromatic carbocycles. The Morgan fingerprint density at radius 3 is 2.35 bits per heavy atom. The SMILES string of the molecule is [CH3][Ge]([CH3])([CH3])[c]1ccc(-c2cccc3c2sc2ccccc23)nc1. The van der Waals surface area contributed by atoms with E-state index in [1.54, 1.807) is 0 Å². The molecule has 0 radical (unpaired) electrons.